The molecule has 1 saturated heterocycles. The lowest BCUT2D eigenvalue weighted by molar-refractivity contribution is 0.168. The number of hydrogen-bond acceptors (Lipinski definition) is 5. The van der Waals surface area contributed by atoms with Crippen LogP contribution in [0.15, 0.2) is 40.7 Å². The van der Waals surface area contributed by atoms with Crippen molar-refractivity contribution in [1.82, 2.24) is 20.5 Å². The van der Waals surface area contributed by atoms with Gasteiger partial charge in [-0.15, -0.1) is 35.3 Å². The fraction of sp³-hybridized carbons (Fsp3) is 0.583. The van der Waals surface area contributed by atoms with E-state index in [-0.39, 0.29) is 24.0 Å². The minimum atomic E-state index is -0.452. The van der Waals surface area contributed by atoms with Crippen molar-refractivity contribution < 1.29 is 5.11 Å². The van der Waals surface area contributed by atoms with Gasteiger partial charge in [0, 0.05) is 31.6 Å². The van der Waals surface area contributed by atoms with Crippen LogP contribution < -0.4 is 10.6 Å². The SMILES string of the molecule is CCNC(=NCC1CCN(Cc2csc(CC)n2)CC1)NCCC(O)c1ccccc1.I. The predicted molar refractivity (Wildman–Crippen MR) is 145 cm³/mol. The number of hydrogen-bond donors (Lipinski definition) is 3. The Morgan fingerprint density at radius 2 is 1.97 bits per heavy atom. The number of piperidine rings is 1. The first-order valence-corrected chi connectivity index (χ1v) is 12.5. The van der Waals surface area contributed by atoms with Crippen molar-refractivity contribution >= 4 is 41.3 Å². The Morgan fingerprint density at radius 3 is 2.62 bits per heavy atom. The zero-order valence-corrected chi connectivity index (χ0v) is 22.4. The van der Waals surface area contributed by atoms with E-state index in [0.29, 0.717) is 18.9 Å². The third-order valence-electron chi connectivity index (χ3n) is 5.74. The third-order valence-corrected chi connectivity index (χ3v) is 6.78. The highest BCUT2D eigenvalue weighted by atomic mass is 127. The number of aliphatic imine (C=N–C) groups is 1. The van der Waals surface area contributed by atoms with Gasteiger partial charge in [0.15, 0.2) is 5.96 Å². The minimum Gasteiger partial charge on any atom is -0.388 e. The van der Waals surface area contributed by atoms with E-state index in [9.17, 15) is 5.11 Å². The monoisotopic (exact) mass is 571 g/mol. The van der Waals surface area contributed by atoms with Crippen LogP contribution in [0.1, 0.15) is 55.5 Å². The Morgan fingerprint density at radius 1 is 1.22 bits per heavy atom. The Bertz CT molecular complexity index is 793. The molecule has 0 spiro atoms. The molecule has 2 heterocycles. The van der Waals surface area contributed by atoms with E-state index in [4.69, 9.17) is 9.98 Å². The molecule has 1 fully saturated rings. The number of halogens is 1. The smallest absolute Gasteiger partial charge is 0.191 e. The molecule has 1 aliphatic heterocycles. The molecular formula is C24H38IN5OS. The number of guanidine groups is 1. The number of thiazole rings is 1. The molecule has 1 unspecified atom stereocenters. The van der Waals surface area contributed by atoms with Gasteiger partial charge in [0.2, 0.25) is 0 Å². The van der Waals surface area contributed by atoms with Crippen molar-refractivity contribution in [3.63, 3.8) is 0 Å². The predicted octanol–water partition coefficient (Wildman–Crippen LogP) is 4.21. The van der Waals surface area contributed by atoms with Crippen molar-refractivity contribution in [2.24, 2.45) is 10.9 Å². The Hall–Kier alpha value is -1.23. The topological polar surface area (TPSA) is 72.8 Å². The normalized spacial score (nSPS) is 16.4. The second-order valence-corrected chi connectivity index (χ2v) is 9.11. The molecule has 32 heavy (non-hydrogen) atoms. The first-order chi connectivity index (χ1) is 15.2. The lowest BCUT2D eigenvalue weighted by Gasteiger charge is -2.30. The highest BCUT2D eigenvalue weighted by Crippen LogP contribution is 2.20. The van der Waals surface area contributed by atoms with Gasteiger partial charge in [-0.2, -0.15) is 0 Å². The summed E-state index contributed by atoms with van der Waals surface area (Å²) in [4.78, 5) is 12.0. The molecule has 0 aliphatic carbocycles. The molecule has 178 valence electrons. The number of aliphatic hydroxyl groups is 1. The Labute approximate surface area is 214 Å². The second kappa shape index (κ2) is 14.8. The highest BCUT2D eigenvalue weighted by Gasteiger charge is 2.20. The molecular weight excluding hydrogens is 533 g/mol. The molecule has 2 aromatic rings. The van der Waals surface area contributed by atoms with Crippen molar-refractivity contribution in [1.29, 1.82) is 0 Å². The van der Waals surface area contributed by atoms with Crippen LogP contribution in [-0.4, -0.2) is 53.7 Å². The van der Waals surface area contributed by atoms with E-state index in [2.05, 4.69) is 34.8 Å². The fourth-order valence-corrected chi connectivity index (χ4v) is 4.61. The summed E-state index contributed by atoms with van der Waals surface area (Å²) in [6.45, 7) is 9.82. The summed E-state index contributed by atoms with van der Waals surface area (Å²) in [7, 11) is 0. The average molecular weight is 572 g/mol. The lowest BCUT2D eigenvalue weighted by Crippen LogP contribution is -2.39. The van der Waals surface area contributed by atoms with Crippen LogP contribution in [0.4, 0.5) is 0 Å². The van der Waals surface area contributed by atoms with E-state index in [0.717, 1.165) is 50.7 Å². The van der Waals surface area contributed by atoms with Crippen LogP contribution in [0, 0.1) is 5.92 Å². The Kier molecular flexibility index (Phi) is 12.5. The summed E-state index contributed by atoms with van der Waals surface area (Å²) < 4.78 is 0. The molecule has 3 rings (SSSR count). The van der Waals surface area contributed by atoms with E-state index in [1.165, 1.54) is 23.5 Å². The van der Waals surface area contributed by atoms with Crippen LogP contribution in [0.3, 0.4) is 0 Å². The molecule has 0 saturated carbocycles. The van der Waals surface area contributed by atoms with E-state index in [1.807, 2.05) is 30.3 Å². The van der Waals surface area contributed by atoms with Gasteiger partial charge in [0.1, 0.15) is 0 Å². The van der Waals surface area contributed by atoms with Crippen LogP contribution in [-0.2, 0) is 13.0 Å². The molecule has 0 bridgehead atoms. The molecule has 1 aromatic heterocycles. The van der Waals surface area contributed by atoms with E-state index < -0.39 is 6.10 Å². The minimum absolute atomic E-state index is 0. The quantitative estimate of drug-likeness (QED) is 0.227. The third kappa shape index (κ3) is 8.96. The van der Waals surface area contributed by atoms with Crippen molar-refractivity contribution in [2.45, 2.75) is 52.2 Å². The van der Waals surface area contributed by atoms with Gasteiger partial charge in [-0.1, -0.05) is 37.3 Å². The number of rotatable bonds is 10. The standard InChI is InChI=1S/C24H37N5OS.HI/c1-3-23-28-21(18-31-23)17-29-14-11-19(12-15-29)16-27-24(25-4-2)26-13-10-22(30)20-8-6-5-7-9-20;/h5-9,18-19,22,30H,3-4,10-17H2,1-2H3,(H2,25,26,27);1H. The van der Waals surface area contributed by atoms with E-state index >= 15 is 0 Å². The number of likely N-dealkylation sites (tertiary alicyclic amines) is 1. The summed E-state index contributed by atoms with van der Waals surface area (Å²) in [5.41, 5.74) is 2.18. The first kappa shape index (κ1) is 27.0. The van der Waals surface area contributed by atoms with Crippen LogP contribution in [0.25, 0.3) is 0 Å². The van der Waals surface area contributed by atoms with Gasteiger partial charge in [0.05, 0.1) is 16.8 Å². The number of aryl methyl sites for hydroxylation is 1. The van der Waals surface area contributed by atoms with Crippen molar-refractivity contribution in [3.8, 4) is 0 Å². The van der Waals surface area contributed by atoms with Crippen molar-refractivity contribution in [2.75, 3.05) is 32.7 Å². The summed E-state index contributed by atoms with van der Waals surface area (Å²) in [6, 6.07) is 9.82. The molecule has 8 heteroatoms. The van der Waals surface area contributed by atoms with Crippen LogP contribution >= 0.6 is 35.3 Å². The molecule has 6 nitrogen and oxygen atoms in total. The average Bonchev–Trinajstić information content (AvgIpc) is 3.26. The zero-order valence-electron chi connectivity index (χ0n) is 19.3. The van der Waals surface area contributed by atoms with Gasteiger partial charge in [-0.05, 0) is 57.2 Å². The maximum atomic E-state index is 10.3. The highest BCUT2D eigenvalue weighted by molar-refractivity contribution is 14.0. The maximum absolute atomic E-state index is 10.3. The molecule has 1 aromatic carbocycles. The second-order valence-electron chi connectivity index (χ2n) is 8.17. The summed E-state index contributed by atoms with van der Waals surface area (Å²) >= 11 is 1.78. The number of aromatic nitrogens is 1. The van der Waals surface area contributed by atoms with Gasteiger partial charge in [-0.25, -0.2) is 4.98 Å². The van der Waals surface area contributed by atoms with Crippen LogP contribution in [0.2, 0.25) is 0 Å². The molecule has 3 N–H and O–H groups in total. The summed E-state index contributed by atoms with van der Waals surface area (Å²) in [6.07, 6.45) is 3.59. The van der Waals surface area contributed by atoms with E-state index in [1.54, 1.807) is 11.3 Å². The number of aliphatic hydroxyl groups excluding tert-OH is 1. The van der Waals surface area contributed by atoms with Crippen LogP contribution in [0.5, 0.6) is 0 Å². The maximum Gasteiger partial charge on any atom is 0.191 e. The summed E-state index contributed by atoms with van der Waals surface area (Å²) in [5, 5.41) is 20.5. The molecule has 1 atom stereocenters. The molecule has 0 amide bonds. The van der Waals surface area contributed by atoms with Gasteiger partial charge in [-0.3, -0.25) is 9.89 Å². The van der Waals surface area contributed by atoms with Gasteiger partial charge in [0.25, 0.3) is 0 Å². The first-order valence-electron chi connectivity index (χ1n) is 11.6. The fourth-order valence-electron chi connectivity index (χ4n) is 3.87. The number of nitrogens with zero attached hydrogens (tertiary/aromatic N) is 3. The largest absolute Gasteiger partial charge is 0.388 e. The number of nitrogens with one attached hydrogen (secondary N) is 2. The summed E-state index contributed by atoms with van der Waals surface area (Å²) in [5.74, 6) is 1.48. The Balaban J connectivity index is 0.00000363. The van der Waals surface area contributed by atoms with Gasteiger partial charge >= 0.3 is 0 Å². The van der Waals surface area contributed by atoms with Gasteiger partial charge < -0.3 is 15.7 Å². The molecule has 1 aliphatic rings. The number of benzene rings is 1. The zero-order chi connectivity index (χ0) is 21.9. The molecule has 0 radical (unpaired) electrons. The lowest BCUT2D eigenvalue weighted by atomic mass is 9.97. The van der Waals surface area contributed by atoms with Crippen molar-refractivity contribution in [3.05, 3.63) is 52.0 Å².